The van der Waals surface area contributed by atoms with Crippen LogP contribution in [0.5, 0.6) is 0 Å². The molecule has 0 bridgehead atoms. The molecule has 0 heterocycles. The van der Waals surface area contributed by atoms with E-state index < -0.39 is 0 Å². The predicted molar refractivity (Wildman–Crippen MR) is 57.4 cm³/mol. The fourth-order valence-electron chi connectivity index (χ4n) is 1.21. The highest BCUT2D eigenvalue weighted by atomic mass is 15.3. The third-order valence-corrected chi connectivity index (χ3v) is 2.02. The second kappa shape index (κ2) is 6.71. The first-order valence-electron chi connectivity index (χ1n) is 4.93. The van der Waals surface area contributed by atoms with E-state index in [1.165, 1.54) is 0 Å². The number of rotatable bonds is 4. The lowest BCUT2D eigenvalue weighted by Gasteiger charge is -2.22. The summed E-state index contributed by atoms with van der Waals surface area (Å²) in [5, 5.41) is 3.27. The molecule has 0 aromatic carbocycles. The third-order valence-electron chi connectivity index (χ3n) is 2.02. The van der Waals surface area contributed by atoms with Crippen molar-refractivity contribution in [3.63, 3.8) is 0 Å². The molecular weight excluding hydrogens is 164 g/mol. The lowest BCUT2D eigenvalue weighted by atomic mass is 10.0. The van der Waals surface area contributed by atoms with E-state index in [0.29, 0.717) is 17.9 Å². The Morgan fingerprint density at radius 1 is 1.38 bits per heavy atom. The Bertz CT molecular complexity index is 154. The molecule has 78 valence electrons. The van der Waals surface area contributed by atoms with Crippen LogP contribution in [0.1, 0.15) is 34.1 Å². The molecule has 1 unspecified atom stereocenters. The third kappa shape index (κ3) is 4.72. The quantitative estimate of drug-likeness (QED) is 0.264. The first-order valence-corrected chi connectivity index (χ1v) is 4.93. The van der Waals surface area contributed by atoms with Crippen molar-refractivity contribution >= 4 is 5.96 Å². The summed E-state index contributed by atoms with van der Waals surface area (Å²) in [5.41, 5.74) is 2.56. The highest BCUT2D eigenvalue weighted by Gasteiger charge is 2.11. The zero-order valence-corrected chi connectivity index (χ0v) is 9.09. The van der Waals surface area contributed by atoms with Crippen LogP contribution in [0.3, 0.4) is 0 Å². The zero-order chi connectivity index (χ0) is 10.3. The molecule has 0 aliphatic rings. The molecule has 0 fully saturated rings. The summed E-state index contributed by atoms with van der Waals surface area (Å²) in [6.07, 6.45) is 1.07. The van der Waals surface area contributed by atoms with Crippen molar-refractivity contribution in [2.24, 2.45) is 16.8 Å². The first-order chi connectivity index (χ1) is 6.15. The topological polar surface area (TPSA) is 62.4 Å². The molecule has 13 heavy (non-hydrogen) atoms. The van der Waals surface area contributed by atoms with Crippen LogP contribution in [-0.2, 0) is 0 Å². The van der Waals surface area contributed by atoms with Gasteiger partial charge in [0.1, 0.15) is 0 Å². The maximum atomic E-state index is 5.32. The average Bonchev–Trinajstić information content (AvgIpc) is 2.11. The number of hydrogen-bond acceptors (Lipinski definition) is 2. The van der Waals surface area contributed by atoms with Crippen molar-refractivity contribution in [2.75, 3.05) is 6.54 Å². The summed E-state index contributed by atoms with van der Waals surface area (Å²) in [6.45, 7) is 9.23. The van der Waals surface area contributed by atoms with E-state index in [2.05, 4.69) is 36.5 Å². The molecule has 1 atom stereocenters. The minimum atomic E-state index is 0.432. The molecule has 0 aliphatic heterocycles. The van der Waals surface area contributed by atoms with Gasteiger partial charge < -0.3 is 5.32 Å². The number of nitrogens with zero attached hydrogens (tertiary/aromatic N) is 1. The molecular formula is C9H22N4. The molecule has 0 aromatic heterocycles. The summed E-state index contributed by atoms with van der Waals surface area (Å²) < 4.78 is 0. The normalized spacial score (nSPS) is 14.5. The van der Waals surface area contributed by atoms with Crippen molar-refractivity contribution < 1.29 is 0 Å². The van der Waals surface area contributed by atoms with Crippen LogP contribution in [0.4, 0.5) is 0 Å². The van der Waals surface area contributed by atoms with Crippen LogP contribution < -0.4 is 16.6 Å². The maximum absolute atomic E-state index is 5.32. The second-order valence-electron chi connectivity index (χ2n) is 3.37. The lowest BCUT2D eigenvalue weighted by molar-refractivity contribution is 0.437. The number of nitrogens with one attached hydrogen (secondary N) is 2. The average molecular weight is 186 g/mol. The van der Waals surface area contributed by atoms with Crippen molar-refractivity contribution in [1.29, 1.82) is 0 Å². The van der Waals surface area contributed by atoms with Gasteiger partial charge in [0.05, 0.1) is 0 Å². The number of aliphatic imine (C=N–C) groups is 1. The van der Waals surface area contributed by atoms with Crippen molar-refractivity contribution in [3.8, 4) is 0 Å². The molecule has 0 aliphatic carbocycles. The maximum Gasteiger partial charge on any atom is 0.205 e. The molecule has 0 saturated carbocycles. The molecule has 0 radical (unpaired) electrons. The summed E-state index contributed by atoms with van der Waals surface area (Å²) >= 11 is 0. The van der Waals surface area contributed by atoms with E-state index >= 15 is 0 Å². The summed E-state index contributed by atoms with van der Waals surface area (Å²) in [4.78, 5) is 4.18. The second-order valence-corrected chi connectivity index (χ2v) is 3.37. The monoisotopic (exact) mass is 186 g/mol. The Labute approximate surface area is 81.0 Å². The van der Waals surface area contributed by atoms with Gasteiger partial charge >= 0.3 is 0 Å². The van der Waals surface area contributed by atoms with Gasteiger partial charge in [0.25, 0.3) is 0 Å². The lowest BCUT2D eigenvalue weighted by Crippen LogP contribution is -2.48. The Hall–Kier alpha value is -0.770. The van der Waals surface area contributed by atoms with Crippen LogP contribution in [0.2, 0.25) is 0 Å². The summed E-state index contributed by atoms with van der Waals surface area (Å²) in [6, 6.07) is 0.432. The van der Waals surface area contributed by atoms with Gasteiger partial charge in [0.15, 0.2) is 0 Å². The van der Waals surface area contributed by atoms with E-state index in [1.807, 2.05) is 6.92 Å². The number of nitrogens with two attached hydrogens (primary N) is 1. The fourth-order valence-corrected chi connectivity index (χ4v) is 1.21. The standard InChI is InChI=1S/C9H22N4/c1-5-8(7(3)4)12-9(13-10)11-6-2/h7-8H,5-6,10H2,1-4H3,(H2,11,12,13). The summed E-state index contributed by atoms with van der Waals surface area (Å²) in [5.74, 6) is 6.59. The molecule has 0 aromatic rings. The highest BCUT2D eigenvalue weighted by molar-refractivity contribution is 5.79. The van der Waals surface area contributed by atoms with E-state index in [-0.39, 0.29) is 0 Å². The van der Waals surface area contributed by atoms with Crippen LogP contribution >= 0.6 is 0 Å². The Kier molecular flexibility index (Phi) is 6.32. The zero-order valence-electron chi connectivity index (χ0n) is 9.09. The van der Waals surface area contributed by atoms with Gasteiger partial charge in [-0.1, -0.05) is 20.8 Å². The van der Waals surface area contributed by atoms with Gasteiger partial charge in [-0.25, -0.2) is 5.84 Å². The van der Waals surface area contributed by atoms with Gasteiger partial charge in [-0.2, -0.15) is 0 Å². The minimum Gasteiger partial charge on any atom is -0.352 e. The van der Waals surface area contributed by atoms with Crippen LogP contribution in [-0.4, -0.2) is 18.5 Å². The van der Waals surface area contributed by atoms with Gasteiger partial charge in [0, 0.05) is 12.6 Å². The van der Waals surface area contributed by atoms with Crippen LogP contribution in [0.15, 0.2) is 4.99 Å². The van der Waals surface area contributed by atoms with Crippen LogP contribution in [0.25, 0.3) is 0 Å². The van der Waals surface area contributed by atoms with Gasteiger partial charge in [-0.05, 0) is 19.3 Å². The van der Waals surface area contributed by atoms with Gasteiger partial charge in [-0.15, -0.1) is 0 Å². The SMILES string of the molecule is CCN=C(NN)NC(CC)C(C)C. The molecule has 0 amide bonds. The van der Waals surface area contributed by atoms with Crippen molar-refractivity contribution in [2.45, 2.75) is 40.2 Å². The van der Waals surface area contributed by atoms with Gasteiger partial charge in [0.2, 0.25) is 5.96 Å². The van der Waals surface area contributed by atoms with E-state index in [0.717, 1.165) is 13.0 Å². The molecule has 4 N–H and O–H groups in total. The van der Waals surface area contributed by atoms with E-state index in [1.54, 1.807) is 0 Å². The molecule has 4 nitrogen and oxygen atoms in total. The van der Waals surface area contributed by atoms with Crippen molar-refractivity contribution in [1.82, 2.24) is 10.7 Å². The van der Waals surface area contributed by atoms with E-state index in [4.69, 9.17) is 5.84 Å². The first kappa shape index (κ1) is 12.2. The Balaban J connectivity index is 4.11. The summed E-state index contributed by atoms with van der Waals surface area (Å²) in [7, 11) is 0. The van der Waals surface area contributed by atoms with Crippen LogP contribution in [0, 0.1) is 5.92 Å². The van der Waals surface area contributed by atoms with Crippen molar-refractivity contribution in [3.05, 3.63) is 0 Å². The largest absolute Gasteiger partial charge is 0.352 e. The number of hydrogen-bond donors (Lipinski definition) is 3. The number of guanidine groups is 1. The molecule has 4 heteroatoms. The Morgan fingerprint density at radius 3 is 2.31 bits per heavy atom. The molecule has 0 saturated heterocycles. The predicted octanol–water partition coefficient (Wildman–Crippen LogP) is 0.850. The van der Waals surface area contributed by atoms with Gasteiger partial charge in [-0.3, -0.25) is 10.4 Å². The smallest absolute Gasteiger partial charge is 0.205 e. The van der Waals surface area contributed by atoms with E-state index in [9.17, 15) is 0 Å². The fraction of sp³-hybridized carbons (Fsp3) is 0.889. The molecule has 0 spiro atoms. The minimum absolute atomic E-state index is 0.432. The Morgan fingerprint density at radius 2 is 2.00 bits per heavy atom. The number of hydrazine groups is 1. The molecule has 0 rings (SSSR count). The highest BCUT2D eigenvalue weighted by Crippen LogP contribution is 2.04.